The van der Waals surface area contributed by atoms with Crippen LogP contribution in [0.5, 0.6) is 17.4 Å². The van der Waals surface area contributed by atoms with Gasteiger partial charge in [-0.2, -0.15) is 0 Å². The molecule has 0 saturated heterocycles. The summed E-state index contributed by atoms with van der Waals surface area (Å²) in [5, 5.41) is 3.13. The second-order valence-corrected chi connectivity index (χ2v) is 6.39. The monoisotopic (exact) mass is 479 g/mol. The maximum atomic E-state index is 5.84. The number of nitrogens with zero attached hydrogens (tertiary/aromatic N) is 2. The number of hydrogen-bond donors (Lipinski definition) is 1. The highest BCUT2D eigenvalue weighted by Crippen LogP contribution is 2.39. The van der Waals surface area contributed by atoms with Crippen molar-refractivity contribution in [2.45, 2.75) is 6.92 Å². The van der Waals surface area contributed by atoms with Gasteiger partial charge in [0.05, 0.1) is 16.1 Å². The van der Waals surface area contributed by atoms with Crippen LogP contribution in [-0.2, 0) is 0 Å². The maximum Gasteiger partial charge on any atom is 0.238 e. The highest BCUT2D eigenvalue weighted by Gasteiger charge is 2.14. The molecule has 0 aliphatic carbocycles. The van der Waals surface area contributed by atoms with E-state index in [1.165, 1.54) is 6.33 Å². The molecule has 8 heteroatoms. The zero-order chi connectivity index (χ0) is 15.4. The Morgan fingerprint density at radius 1 is 1.10 bits per heavy atom. The van der Waals surface area contributed by atoms with Crippen LogP contribution in [-0.4, -0.2) is 23.6 Å². The Kier molecular flexibility index (Phi) is 5.83. The molecule has 21 heavy (non-hydrogen) atoms. The zero-order valence-electron chi connectivity index (χ0n) is 11.3. The number of anilines is 1. The first-order valence-corrected chi connectivity index (χ1v) is 8.40. The van der Waals surface area contributed by atoms with Crippen LogP contribution in [0.2, 0.25) is 0 Å². The van der Waals surface area contributed by atoms with Gasteiger partial charge >= 0.3 is 0 Å². The van der Waals surface area contributed by atoms with Crippen molar-refractivity contribution < 1.29 is 9.47 Å². The van der Waals surface area contributed by atoms with Gasteiger partial charge < -0.3 is 14.8 Å². The lowest BCUT2D eigenvalue weighted by molar-refractivity contribution is 0.408. The Bertz CT molecular complexity index is 653. The van der Waals surface area contributed by atoms with E-state index in [4.69, 9.17) is 9.47 Å². The molecule has 0 saturated carbocycles. The number of benzene rings is 1. The van der Waals surface area contributed by atoms with Crippen molar-refractivity contribution in [3.8, 4) is 17.4 Å². The normalized spacial score (nSPS) is 10.3. The molecule has 0 amide bonds. The number of aromatic nitrogens is 2. The number of halogens is 3. The van der Waals surface area contributed by atoms with E-state index in [0.717, 1.165) is 15.5 Å². The largest absolute Gasteiger partial charge is 0.496 e. The molecule has 0 unspecified atom stereocenters. The van der Waals surface area contributed by atoms with Gasteiger partial charge in [0.1, 0.15) is 28.1 Å². The first kappa shape index (κ1) is 16.5. The van der Waals surface area contributed by atoms with Crippen LogP contribution < -0.4 is 14.8 Å². The van der Waals surface area contributed by atoms with Gasteiger partial charge in [-0.25, -0.2) is 9.97 Å². The molecule has 0 atom stereocenters. The fraction of sp³-hybridized carbons (Fsp3) is 0.231. The van der Waals surface area contributed by atoms with E-state index in [9.17, 15) is 0 Å². The van der Waals surface area contributed by atoms with Gasteiger partial charge in [-0.1, -0.05) is 0 Å². The minimum absolute atomic E-state index is 0.429. The summed E-state index contributed by atoms with van der Waals surface area (Å²) < 4.78 is 13.3. The Morgan fingerprint density at radius 2 is 1.76 bits per heavy atom. The molecule has 0 fully saturated rings. The molecule has 5 nitrogen and oxygen atoms in total. The Hall–Kier alpha value is -0.860. The molecule has 0 spiro atoms. The average Bonchev–Trinajstić information content (AvgIpc) is 2.46. The van der Waals surface area contributed by atoms with Gasteiger partial charge in [0.25, 0.3) is 0 Å². The van der Waals surface area contributed by atoms with Crippen molar-refractivity contribution >= 4 is 53.6 Å². The van der Waals surface area contributed by atoms with Crippen molar-refractivity contribution in [2.75, 3.05) is 19.0 Å². The number of hydrogen-bond acceptors (Lipinski definition) is 5. The predicted octanol–water partition coefficient (Wildman–Crippen LogP) is 5.00. The minimum Gasteiger partial charge on any atom is -0.496 e. The Labute approximate surface area is 147 Å². The van der Waals surface area contributed by atoms with Gasteiger partial charge in [-0.05, 0) is 66.8 Å². The van der Waals surface area contributed by atoms with E-state index in [1.807, 2.05) is 19.1 Å². The second-order valence-electron chi connectivity index (χ2n) is 3.89. The molecule has 1 N–H and O–H groups in total. The molecule has 0 aliphatic rings. The quantitative estimate of drug-likeness (QED) is 0.651. The molecule has 2 rings (SSSR count). The first-order chi connectivity index (χ1) is 10.1. The van der Waals surface area contributed by atoms with E-state index in [2.05, 4.69) is 63.1 Å². The summed E-state index contributed by atoms with van der Waals surface area (Å²) in [4.78, 5) is 8.29. The highest BCUT2D eigenvalue weighted by molar-refractivity contribution is 9.11. The summed E-state index contributed by atoms with van der Waals surface area (Å²) in [6, 6.07) is 3.63. The van der Waals surface area contributed by atoms with Crippen LogP contribution in [0.15, 0.2) is 31.9 Å². The van der Waals surface area contributed by atoms with Gasteiger partial charge in [-0.3, -0.25) is 0 Å². The highest BCUT2D eigenvalue weighted by atomic mass is 79.9. The molecular weight excluding hydrogens is 470 g/mol. The van der Waals surface area contributed by atoms with Gasteiger partial charge in [0, 0.05) is 6.54 Å². The van der Waals surface area contributed by atoms with Crippen LogP contribution in [0.1, 0.15) is 6.92 Å². The summed E-state index contributed by atoms with van der Waals surface area (Å²) in [7, 11) is 1.61. The van der Waals surface area contributed by atoms with Crippen LogP contribution in [0, 0.1) is 0 Å². The second kappa shape index (κ2) is 7.42. The smallest absolute Gasteiger partial charge is 0.238 e. The molecule has 0 aliphatic heterocycles. The lowest BCUT2D eigenvalue weighted by Crippen LogP contribution is -2.02. The summed E-state index contributed by atoms with van der Waals surface area (Å²) >= 11 is 10.3. The predicted molar refractivity (Wildman–Crippen MR) is 92.4 cm³/mol. The van der Waals surface area contributed by atoms with Crippen LogP contribution in [0.4, 0.5) is 5.82 Å². The topological polar surface area (TPSA) is 56.3 Å². The molecule has 1 aromatic carbocycles. The van der Waals surface area contributed by atoms with E-state index in [1.54, 1.807) is 7.11 Å². The van der Waals surface area contributed by atoms with Gasteiger partial charge in [0.2, 0.25) is 5.88 Å². The van der Waals surface area contributed by atoms with Crippen molar-refractivity contribution in [1.82, 2.24) is 9.97 Å². The van der Waals surface area contributed by atoms with Crippen molar-refractivity contribution in [3.05, 3.63) is 31.9 Å². The Balaban J connectivity index is 2.34. The fourth-order valence-corrected chi connectivity index (χ4v) is 2.88. The first-order valence-electron chi connectivity index (χ1n) is 6.02. The number of methoxy groups -OCH3 is 1. The summed E-state index contributed by atoms with van der Waals surface area (Å²) in [5.74, 6) is 2.44. The van der Waals surface area contributed by atoms with Crippen LogP contribution in [0.25, 0.3) is 0 Å². The molecule has 1 heterocycles. The zero-order valence-corrected chi connectivity index (χ0v) is 16.0. The maximum absolute atomic E-state index is 5.84. The SMILES string of the molecule is CCNc1ncnc(Oc2cc(Br)c(OC)cc2Br)c1Br. The molecule has 0 radical (unpaired) electrons. The number of nitrogens with one attached hydrogen (secondary N) is 1. The van der Waals surface area contributed by atoms with Crippen molar-refractivity contribution in [2.24, 2.45) is 0 Å². The van der Waals surface area contributed by atoms with Crippen molar-refractivity contribution in [1.29, 1.82) is 0 Å². The van der Waals surface area contributed by atoms with Crippen molar-refractivity contribution in [3.63, 3.8) is 0 Å². The third-order valence-electron chi connectivity index (χ3n) is 2.51. The molecule has 1 aromatic heterocycles. The van der Waals surface area contributed by atoms with E-state index in [-0.39, 0.29) is 0 Å². The lowest BCUT2D eigenvalue weighted by atomic mass is 10.3. The lowest BCUT2D eigenvalue weighted by Gasteiger charge is -2.12. The molecule has 0 bridgehead atoms. The number of ether oxygens (including phenoxy) is 2. The minimum atomic E-state index is 0.429. The third-order valence-corrected chi connectivity index (χ3v) is 4.47. The van der Waals surface area contributed by atoms with E-state index < -0.39 is 0 Å². The fourth-order valence-electron chi connectivity index (χ4n) is 1.56. The molecule has 112 valence electrons. The molecule has 2 aromatic rings. The van der Waals surface area contributed by atoms with Gasteiger partial charge in [-0.15, -0.1) is 0 Å². The van der Waals surface area contributed by atoms with E-state index >= 15 is 0 Å². The standard InChI is InChI=1S/C13H12Br3N3O2/c1-3-17-12-11(16)13(19-6-18-12)21-10-5-7(14)9(20-2)4-8(10)15/h4-6H,3H2,1-2H3,(H,17,18,19). The third kappa shape index (κ3) is 3.87. The number of rotatable bonds is 5. The van der Waals surface area contributed by atoms with Gasteiger partial charge in [0.15, 0.2) is 0 Å². The average molecular weight is 482 g/mol. The van der Waals surface area contributed by atoms with Crippen LogP contribution >= 0.6 is 47.8 Å². The summed E-state index contributed by atoms with van der Waals surface area (Å²) in [5.41, 5.74) is 0. The van der Waals surface area contributed by atoms with Crippen LogP contribution in [0.3, 0.4) is 0 Å². The Morgan fingerprint density at radius 3 is 2.43 bits per heavy atom. The van der Waals surface area contributed by atoms with E-state index in [0.29, 0.717) is 27.7 Å². The summed E-state index contributed by atoms with van der Waals surface area (Å²) in [6.07, 6.45) is 1.45. The molecular formula is C13H12Br3N3O2. The summed E-state index contributed by atoms with van der Waals surface area (Å²) in [6.45, 7) is 2.75.